The summed E-state index contributed by atoms with van der Waals surface area (Å²) in [5.41, 5.74) is 1.85. The van der Waals surface area contributed by atoms with E-state index in [1.54, 1.807) is 21.3 Å². The van der Waals surface area contributed by atoms with E-state index < -0.39 is 0 Å². The standard InChI is InChI=1S/C19H24O5/c1-5-23-10-11-24-15-8-6-14(7-9-15)19-17(21-3)12-16(20-2)13-18(19)22-4/h6-9,12-13H,5,10-11H2,1-4H3. The van der Waals surface area contributed by atoms with E-state index in [2.05, 4.69) is 0 Å². The molecule has 2 aromatic rings. The molecule has 24 heavy (non-hydrogen) atoms. The Bertz CT molecular complexity index is 612. The lowest BCUT2D eigenvalue weighted by Gasteiger charge is -2.15. The van der Waals surface area contributed by atoms with Gasteiger partial charge in [-0.25, -0.2) is 0 Å². The van der Waals surface area contributed by atoms with Crippen molar-refractivity contribution in [2.24, 2.45) is 0 Å². The van der Waals surface area contributed by atoms with Crippen molar-refractivity contribution in [3.05, 3.63) is 36.4 Å². The molecule has 0 aliphatic heterocycles. The molecule has 5 nitrogen and oxygen atoms in total. The van der Waals surface area contributed by atoms with Crippen molar-refractivity contribution in [1.29, 1.82) is 0 Å². The number of benzene rings is 2. The van der Waals surface area contributed by atoms with Gasteiger partial charge >= 0.3 is 0 Å². The molecule has 0 aliphatic carbocycles. The molecule has 130 valence electrons. The molecule has 2 rings (SSSR count). The first-order chi connectivity index (χ1) is 11.7. The molecule has 5 heteroatoms. The highest BCUT2D eigenvalue weighted by atomic mass is 16.5. The maximum absolute atomic E-state index is 5.64. The van der Waals surface area contributed by atoms with E-state index in [9.17, 15) is 0 Å². The van der Waals surface area contributed by atoms with E-state index in [0.29, 0.717) is 37.1 Å². The summed E-state index contributed by atoms with van der Waals surface area (Å²) in [6, 6.07) is 11.5. The number of ether oxygens (including phenoxy) is 5. The highest BCUT2D eigenvalue weighted by Crippen LogP contribution is 2.42. The highest BCUT2D eigenvalue weighted by molar-refractivity contribution is 5.78. The maximum atomic E-state index is 5.64. The zero-order chi connectivity index (χ0) is 17.4. The van der Waals surface area contributed by atoms with Crippen LogP contribution in [0.2, 0.25) is 0 Å². The number of hydrogen-bond donors (Lipinski definition) is 0. The number of rotatable bonds is 9. The summed E-state index contributed by atoms with van der Waals surface area (Å²) in [4.78, 5) is 0. The van der Waals surface area contributed by atoms with E-state index in [-0.39, 0.29) is 0 Å². The smallest absolute Gasteiger partial charge is 0.134 e. The lowest BCUT2D eigenvalue weighted by atomic mass is 10.0. The first-order valence-corrected chi connectivity index (χ1v) is 7.84. The second-order valence-corrected chi connectivity index (χ2v) is 4.98. The lowest BCUT2D eigenvalue weighted by molar-refractivity contribution is 0.110. The molecule has 0 fully saturated rings. The third-order valence-electron chi connectivity index (χ3n) is 3.56. The van der Waals surface area contributed by atoms with Crippen LogP contribution in [0.25, 0.3) is 11.1 Å². The van der Waals surface area contributed by atoms with Crippen LogP contribution in [0, 0.1) is 0 Å². The predicted molar refractivity (Wildman–Crippen MR) is 93.5 cm³/mol. The molecule has 0 unspecified atom stereocenters. The molecule has 0 atom stereocenters. The van der Waals surface area contributed by atoms with Gasteiger partial charge < -0.3 is 23.7 Å². The van der Waals surface area contributed by atoms with Gasteiger partial charge in [-0.15, -0.1) is 0 Å². The molecule has 2 aromatic carbocycles. The normalized spacial score (nSPS) is 10.3. The van der Waals surface area contributed by atoms with E-state index >= 15 is 0 Å². The minimum atomic E-state index is 0.530. The molecule has 0 spiro atoms. The summed E-state index contributed by atoms with van der Waals surface area (Å²) in [7, 11) is 4.87. The van der Waals surface area contributed by atoms with E-state index in [1.165, 1.54) is 0 Å². The monoisotopic (exact) mass is 332 g/mol. The topological polar surface area (TPSA) is 46.2 Å². The Morgan fingerprint density at radius 2 is 1.38 bits per heavy atom. The Hall–Kier alpha value is -2.40. The highest BCUT2D eigenvalue weighted by Gasteiger charge is 2.15. The second kappa shape index (κ2) is 9.03. The third kappa shape index (κ3) is 4.32. The molecule has 0 aliphatic rings. The van der Waals surface area contributed by atoms with Crippen molar-refractivity contribution in [3.8, 4) is 34.1 Å². The van der Waals surface area contributed by atoms with Crippen LogP contribution in [0.3, 0.4) is 0 Å². The van der Waals surface area contributed by atoms with Gasteiger partial charge in [-0.3, -0.25) is 0 Å². The van der Waals surface area contributed by atoms with Gasteiger partial charge in [0.25, 0.3) is 0 Å². The Morgan fingerprint density at radius 1 is 0.750 bits per heavy atom. The van der Waals surface area contributed by atoms with Gasteiger partial charge in [-0.1, -0.05) is 12.1 Å². The zero-order valence-corrected chi connectivity index (χ0v) is 14.6. The Kier molecular flexibility index (Phi) is 6.75. The lowest BCUT2D eigenvalue weighted by Crippen LogP contribution is -2.06. The Morgan fingerprint density at radius 3 is 1.88 bits per heavy atom. The minimum Gasteiger partial charge on any atom is -0.496 e. The summed E-state index contributed by atoms with van der Waals surface area (Å²) in [6.45, 7) is 3.77. The molecular formula is C19H24O5. The van der Waals surface area contributed by atoms with Crippen molar-refractivity contribution < 1.29 is 23.7 Å². The second-order valence-electron chi connectivity index (χ2n) is 4.98. The summed E-state index contributed by atoms with van der Waals surface area (Å²) < 4.78 is 27.2. The molecular weight excluding hydrogens is 308 g/mol. The zero-order valence-electron chi connectivity index (χ0n) is 14.6. The van der Waals surface area contributed by atoms with Gasteiger partial charge in [0.05, 0.1) is 33.5 Å². The average molecular weight is 332 g/mol. The van der Waals surface area contributed by atoms with Crippen molar-refractivity contribution in [1.82, 2.24) is 0 Å². The van der Waals surface area contributed by atoms with Gasteiger partial charge in [-0.05, 0) is 24.6 Å². The van der Waals surface area contributed by atoms with Gasteiger partial charge in [0.2, 0.25) is 0 Å². The van der Waals surface area contributed by atoms with Crippen LogP contribution in [0.1, 0.15) is 6.92 Å². The van der Waals surface area contributed by atoms with Crippen molar-refractivity contribution >= 4 is 0 Å². The first kappa shape index (κ1) is 17.9. The molecule has 0 saturated heterocycles. The molecule has 0 N–H and O–H groups in total. The van der Waals surface area contributed by atoms with E-state index in [4.69, 9.17) is 23.7 Å². The molecule has 0 radical (unpaired) electrons. The maximum Gasteiger partial charge on any atom is 0.134 e. The fraction of sp³-hybridized carbons (Fsp3) is 0.368. The van der Waals surface area contributed by atoms with Crippen LogP contribution < -0.4 is 18.9 Å². The molecule has 0 heterocycles. The van der Waals surface area contributed by atoms with Gasteiger partial charge in [0.15, 0.2) is 0 Å². The van der Waals surface area contributed by atoms with Gasteiger partial charge in [0.1, 0.15) is 29.6 Å². The minimum absolute atomic E-state index is 0.530. The van der Waals surface area contributed by atoms with Crippen LogP contribution in [0.4, 0.5) is 0 Å². The van der Waals surface area contributed by atoms with Gasteiger partial charge in [0, 0.05) is 18.7 Å². The van der Waals surface area contributed by atoms with Crippen LogP contribution in [-0.2, 0) is 4.74 Å². The third-order valence-corrected chi connectivity index (χ3v) is 3.56. The fourth-order valence-corrected chi connectivity index (χ4v) is 2.37. The quantitative estimate of drug-likeness (QED) is 0.654. The number of methoxy groups -OCH3 is 3. The van der Waals surface area contributed by atoms with Crippen molar-refractivity contribution in [2.75, 3.05) is 41.2 Å². The van der Waals surface area contributed by atoms with Crippen LogP contribution in [0.5, 0.6) is 23.0 Å². The summed E-state index contributed by atoms with van der Waals surface area (Å²) >= 11 is 0. The van der Waals surface area contributed by atoms with Crippen LogP contribution in [-0.4, -0.2) is 41.2 Å². The van der Waals surface area contributed by atoms with Crippen molar-refractivity contribution in [2.45, 2.75) is 6.92 Å². The largest absolute Gasteiger partial charge is 0.496 e. The van der Waals surface area contributed by atoms with Crippen LogP contribution in [0.15, 0.2) is 36.4 Å². The molecule has 0 aromatic heterocycles. The Balaban J connectivity index is 2.24. The predicted octanol–water partition coefficient (Wildman–Crippen LogP) is 3.79. The number of hydrogen-bond acceptors (Lipinski definition) is 5. The first-order valence-electron chi connectivity index (χ1n) is 7.84. The average Bonchev–Trinajstić information content (AvgIpc) is 2.64. The Labute approximate surface area is 143 Å². The van der Waals surface area contributed by atoms with E-state index in [0.717, 1.165) is 16.9 Å². The summed E-state index contributed by atoms with van der Waals surface area (Å²) in [6.07, 6.45) is 0. The fourth-order valence-electron chi connectivity index (χ4n) is 2.37. The molecule has 0 bridgehead atoms. The van der Waals surface area contributed by atoms with Crippen molar-refractivity contribution in [3.63, 3.8) is 0 Å². The van der Waals surface area contributed by atoms with Crippen LogP contribution >= 0.6 is 0 Å². The summed E-state index contributed by atoms with van der Waals surface area (Å²) in [5, 5.41) is 0. The molecule has 0 amide bonds. The van der Waals surface area contributed by atoms with Gasteiger partial charge in [-0.2, -0.15) is 0 Å². The van der Waals surface area contributed by atoms with E-state index in [1.807, 2.05) is 43.3 Å². The SMILES string of the molecule is CCOCCOc1ccc(-c2c(OC)cc(OC)cc2OC)cc1. The molecule has 0 saturated carbocycles. The summed E-state index contributed by atoms with van der Waals surface area (Å²) in [5.74, 6) is 2.86.